The van der Waals surface area contributed by atoms with Crippen LogP contribution in [0.25, 0.3) is 0 Å². The maximum Gasteiger partial charge on any atom is 0.244 e. The van der Waals surface area contributed by atoms with Gasteiger partial charge in [0.05, 0.1) is 30.4 Å². The first-order chi connectivity index (χ1) is 15.0. The Bertz CT molecular complexity index is 816. The first-order valence-corrected chi connectivity index (χ1v) is 11.6. The van der Waals surface area contributed by atoms with Gasteiger partial charge >= 0.3 is 0 Å². The van der Waals surface area contributed by atoms with Gasteiger partial charge < -0.3 is 10.4 Å². The fraction of sp³-hybridized carbons (Fsp3) is 0.609. The van der Waals surface area contributed by atoms with Crippen molar-refractivity contribution >= 4 is 11.6 Å². The summed E-state index contributed by atoms with van der Waals surface area (Å²) in [4.78, 5) is 13.3. The molecule has 0 aromatic heterocycles. The van der Waals surface area contributed by atoms with Crippen molar-refractivity contribution in [3.05, 3.63) is 42.5 Å². The highest BCUT2D eigenvalue weighted by Gasteiger charge is 2.52. The van der Waals surface area contributed by atoms with E-state index < -0.39 is 5.60 Å². The van der Waals surface area contributed by atoms with Crippen LogP contribution >= 0.6 is 0 Å². The van der Waals surface area contributed by atoms with Crippen LogP contribution in [0.1, 0.15) is 39.0 Å². The number of nitrogens with zero attached hydrogens (tertiary/aromatic N) is 2. The number of nitrogens with one attached hydrogen (secondary N) is 4. The Kier molecular flexibility index (Phi) is 5.75. The smallest absolute Gasteiger partial charge is 0.244 e. The van der Waals surface area contributed by atoms with E-state index in [1.165, 1.54) is 0 Å². The standard InChI is InChI=1S/C23H34N6O2/c1-23(31)13-6-3-7-14-28-21(30)17-15-24-22(25-16-9-4-2-5-10-16)27-20(17)29(28)19-12-8-11-18(23)26-19/h2-5,7,9-10,17-20,22,24-27,31H,6,8,11-15H2,1H3/b7-3-. The van der Waals surface area contributed by atoms with Crippen molar-refractivity contribution in [3.63, 3.8) is 0 Å². The Morgan fingerprint density at radius 2 is 2.00 bits per heavy atom. The molecule has 0 spiro atoms. The molecule has 5 rings (SSSR count). The van der Waals surface area contributed by atoms with Crippen LogP contribution in [-0.4, -0.2) is 64.4 Å². The van der Waals surface area contributed by atoms with Gasteiger partial charge in [-0.25, -0.2) is 0 Å². The van der Waals surface area contributed by atoms with Crippen molar-refractivity contribution in [3.8, 4) is 0 Å². The fourth-order valence-corrected chi connectivity index (χ4v) is 5.44. The highest BCUT2D eigenvalue weighted by Crippen LogP contribution is 2.34. The molecular weight excluding hydrogens is 392 g/mol. The maximum atomic E-state index is 13.3. The minimum Gasteiger partial charge on any atom is -0.389 e. The lowest BCUT2D eigenvalue weighted by molar-refractivity contribution is -0.146. The van der Waals surface area contributed by atoms with E-state index in [2.05, 4.69) is 38.4 Å². The van der Waals surface area contributed by atoms with Crippen molar-refractivity contribution in [2.75, 3.05) is 18.4 Å². The number of rotatable bonds is 2. The molecule has 4 aliphatic rings. The highest BCUT2D eigenvalue weighted by atomic mass is 16.3. The summed E-state index contributed by atoms with van der Waals surface area (Å²) in [6.07, 6.45) is 8.42. The third-order valence-corrected chi connectivity index (χ3v) is 7.18. The zero-order valence-electron chi connectivity index (χ0n) is 18.1. The first-order valence-electron chi connectivity index (χ1n) is 11.6. The third-order valence-electron chi connectivity index (χ3n) is 7.18. The molecule has 8 nitrogen and oxygen atoms in total. The van der Waals surface area contributed by atoms with Gasteiger partial charge in [-0.05, 0) is 51.2 Å². The number of amides is 1. The Morgan fingerprint density at radius 1 is 1.16 bits per heavy atom. The number of allylic oxidation sites excluding steroid dienone is 1. The second-order valence-electron chi connectivity index (χ2n) is 9.40. The van der Waals surface area contributed by atoms with E-state index in [0.29, 0.717) is 13.1 Å². The first kappa shape index (κ1) is 20.9. The van der Waals surface area contributed by atoms with Gasteiger partial charge in [-0.15, -0.1) is 0 Å². The molecule has 6 unspecified atom stereocenters. The van der Waals surface area contributed by atoms with E-state index in [1.807, 2.05) is 42.3 Å². The van der Waals surface area contributed by atoms with Gasteiger partial charge in [0.25, 0.3) is 0 Å². The number of hydrogen-bond donors (Lipinski definition) is 5. The fourth-order valence-electron chi connectivity index (χ4n) is 5.44. The Hall–Kier alpha value is -1.97. The molecule has 1 aromatic carbocycles. The summed E-state index contributed by atoms with van der Waals surface area (Å²) in [6, 6.07) is 10.1. The van der Waals surface area contributed by atoms with E-state index in [-0.39, 0.29) is 36.5 Å². The lowest BCUT2D eigenvalue weighted by Crippen LogP contribution is -2.69. The van der Waals surface area contributed by atoms with Crippen molar-refractivity contribution in [1.82, 2.24) is 26.0 Å². The Labute approximate surface area is 184 Å². The molecule has 3 fully saturated rings. The van der Waals surface area contributed by atoms with Crippen molar-refractivity contribution in [2.24, 2.45) is 5.92 Å². The molecule has 1 amide bonds. The quantitative estimate of drug-likeness (QED) is 0.453. The molecule has 4 heterocycles. The van der Waals surface area contributed by atoms with Crippen molar-refractivity contribution < 1.29 is 9.90 Å². The van der Waals surface area contributed by atoms with Crippen LogP contribution in [0.5, 0.6) is 0 Å². The van der Waals surface area contributed by atoms with Gasteiger partial charge in [0, 0.05) is 18.3 Å². The van der Waals surface area contributed by atoms with Crippen molar-refractivity contribution in [2.45, 2.75) is 69.3 Å². The molecule has 4 aliphatic heterocycles. The molecule has 31 heavy (non-hydrogen) atoms. The summed E-state index contributed by atoms with van der Waals surface area (Å²) in [5, 5.41) is 29.5. The average molecular weight is 427 g/mol. The van der Waals surface area contributed by atoms with Crippen LogP contribution in [0.2, 0.25) is 0 Å². The predicted molar refractivity (Wildman–Crippen MR) is 119 cm³/mol. The number of carbonyl (C=O) groups excluding carboxylic acids is 1. The van der Waals surface area contributed by atoms with E-state index in [9.17, 15) is 9.90 Å². The number of benzene rings is 1. The Morgan fingerprint density at radius 3 is 2.84 bits per heavy atom. The summed E-state index contributed by atoms with van der Waals surface area (Å²) in [5.41, 5.74) is 0.264. The molecule has 0 aliphatic carbocycles. The number of hydrogen-bond acceptors (Lipinski definition) is 7. The minimum atomic E-state index is -0.764. The minimum absolute atomic E-state index is 0.0126. The Balaban J connectivity index is 1.40. The predicted octanol–water partition coefficient (Wildman–Crippen LogP) is 1.15. The summed E-state index contributed by atoms with van der Waals surface area (Å²) >= 11 is 0. The topological polar surface area (TPSA) is 91.9 Å². The molecule has 2 bridgehead atoms. The van der Waals surface area contributed by atoms with Gasteiger partial charge in [-0.1, -0.05) is 30.4 Å². The third kappa shape index (κ3) is 4.10. The number of hydrazine groups is 1. The second kappa shape index (κ2) is 8.52. The van der Waals surface area contributed by atoms with E-state index in [0.717, 1.165) is 37.8 Å². The van der Waals surface area contributed by atoms with Crippen LogP contribution in [0.15, 0.2) is 42.5 Å². The number of para-hydroxylation sites is 1. The number of anilines is 1. The molecule has 1 aromatic rings. The molecule has 5 N–H and O–H groups in total. The molecule has 0 radical (unpaired) electrons. The van der Waals surface area contributed by atoms with Crippen molar-refractivity contribution in [1.29, 1.82) is 0 Å². The number of piperidine rings is 1. The average Bonchev–Trinajstić information content (AvgIpc) is 3.04. The highest BCUT2D eigenvalue weighted by molar-refractivity contribution is 5.82. The monoisotopic (exact) mass is 426 g/mol. The zero-order chi connectivity index (χ0) is 21.4. The molecule has 0 saturated carbocycles. The largest absolute Gasteiger partial charge is 0.389 e. The number of carbonyl (C=O) groups is 1. The summed E-state index contributed by atoms with van der Waals surface area (Å²) in [6.45, 7) is 3.12. The van der Waals surface area contributed by atoms with Gasteiger partial charge in [0.2, 0.25) is 5.91 Å². The van der Waals surface area contributed by atoms with E-state index in [4.69, 9.17) is 0 Å². The summed E-state index contributed by atoms with van der Waals surface area (Å²) < 4.78 is 0. The van der Waals surface area contributed by atoms with E-state index in [1.54, 1.807) is 0 Å². The zero-order valence-corrected chi connectivity index (χ0v) is 18.1. The van der Waals surface area contributed by atoms with Crippen LogP contribution in [-0.2, 0) is 4.79 Å². The van der Waals surface area contributed by atoms with Crippen LogP contribution in [0.3, 0.4) is 0 Å². The van der Waals surface area contributed by atoms with Gasteiger partial charge in [-0.3, -0.25) is 25.8 Å². The van der Waals surface area contributed by atoms with E-state index >= 15 is 0 Å². The SMILES string of the molecule is CC1(O)CC/C=C\CN2C(=O)C3CNC(Nc4ccccc4)NC3N2C2CCCC1N2. The molecule has 3 saturated heterocycles. The van der Waals surface area contributed by atoms with Gasteiger partial charge in [0.1, 0.15) is 6.29 Å². The number of fused-ring (bicyclic) bond motifs is 6. The lowest BCUT2D eigenvalue weighted by atomic mass is 9.85. The molecule has 168 valence electrons. The van der Waals surface area contributed by atoms with Gasteiger partial charge in [-0.2, -0.15) is 5.01 Å². The normalized spacial score (nSPS) is 39.9. The molecule has 8 heteroatoms. The summed E-state index contributed by atoms with van der Waals surface area (Å²) in [5.74, 6) is 0.00981. The van der Waals surface area contributed by atoms with Crippen LogP contribution in [0.4, 0.5) is 5.69 Å². The molecular formula is C23H34N6O2. The lowest BCUT2D eigenvalue weighted by Gasteiger charge is -2.47. The maximum absolute atomic E-state index is 13.3. The summed E-state index contributed by atoms with van der Waals surface area (Å²) in [7, 11) is 0. The van der Waals surface area contributed by atoms with Crippen LogP contribution in [0, 0.1) is 5.92 Å². The van der Waals surface area contributed by atoms with Gasteiger partial charge in [0.15, 0.2) is 0 Å². The van der Waals surface area contributed by atoms with Crippen LogP contribution < -0.4 is 21.3 Å². The second-order valence-corrected chi connectivity index (χ2v) is 9.40. The number of aliphatic hydroxyl groups is 1. The molecule has 6 atom stereocenters.